The zero-order chi connectivity index (χ0) is 19.5. The molecular formula is C21H35Cl2N3O2S. The molecule has 2 atom stereocenters. The average molecular weight is 465 g/mol. The third-order valence-electron chi connectivity index (χ3n) is 6.27. The first kappa shape index (κ1) is 26.5. The fourth-order valence-electron chi connectivity index (χ4n) is 3.93. The van der Waals surface area contributed by atoms with Crippen molar-refractivity contribution in [2.75, 3.05) is 43.1 Å². The number of ether oxygens (including phenoxy) is 1. The summed E-state index contributed by atoms with van der Waals surface area (Å²) in [7, 11) is 0. The lowest BCUT2D eigenvalue weighted by Gasteiger charge is -2.57. The van der Waals surface area contributed by atoms with Gasteiger partial charge in [-0.25, -0.2) is 0 Å². The predicted octanol–water partition coefficient (Wildman–Crippen LogP) is 3.59. The van der Waals surface area contributed by atoms with Gasteiger partial charge in [0.25, 0.3) is 0 Å². The Morgan fingerprint density at radius 3 is 2.41 bits per heavy atom. The predicted molar refractivity (Wildman–Crippen MR) is 128 cm³/mol. The minimum atomic E-state index is -0.891. The zero-order valence-electron chi connectivity index (χ0n) is 17.6. The van der Waals surface area contributed by atoms with Gasteiger partial charge in [-0.15, -0.1) is 24.8 Å². The van der Waals surface area contributed by atoms with E-state index in [0.717, 1.165) is 18.7 Å². The number of halogens is 2. The zero-order valence-corrected chi connectivity index (χ0v) is 20.1. The second kappa shape index (κ2) is 11.2. The summed E-state index contributed by atoms with van der Waals surface area (Å²) in [5.74, 6) is 2.36. The van der Waals surface area contributed by atoms with Gasteiger partial charge in [0.15, 0.2) is 0 Å². The minimum absolute atomic E-state index is 0. The van der Waals surface area contributed by atoms with Gasteiger partial charge in [-0.1, -0.05) is 26.0 Å². The Morgan fingerprint density at radius 2 is 1.86 bits per heavy atom. The molecule has 1 heterocycles. The Balaban J connectivity index is 0.00000210. The molecule has 1 aromatic carbocycles. The first-order valence-electron chi connectivity index (χ1n) is 9.98. The number of carbonyl (C=O) groups excluding carboxylic acids is 1. The number of benzene rings is 1. The highest BCUT2D eigenvalue weighted by Gasteiger charge is 2.62. The van der Waals surface area contributed by atoms with Crippen LogP contribution in [0.3, 0.4) is 0 Å². The fraction of sp³-hybridized carbons (Fsp3) is 0.667. The number of rotatable bonds is 7. The molecule has 1 aromatic rings. The van der Waals surface area contributed by atoms with E-state index in [1.165, 1.54) is 30.2 Å². The van der Waals surface area contributed by atoms with Crippen LogP contribution in [0.25, 0.3) is 0 Å². The van der Waals surface area contributed by atoms with E-state index in [2.05, 4.69) is 22.3 Å². The standard InChI is InChI=1S/C21H33N3O2S.2ClH/c1-4-26-18-15-21(22,20(18,2)3)19(25)23-17-7-5-16(6-8-17)9-10-24-11-13-27-14-12-24;;/h5-8,18H,4,9-15,22H2,1-3H3,(H,23,25);2*1H. The van der Waals surface area contributed by atoms with Crippen LogP contribution in [0.4, 0.5) is 5.69 Å². The van der Waals surface area contributed by atoms with Crippen LogP contribution >= 0.6 is 36.6 Å². The molecule has 2 unspecified atom stereocenters. The first-order chi connectivity index (χ1) is 12.9. The summed E-state index contributed by atoms with van der Waals surface area (Å²) in [5, 5.41) is 3.00. The molecule has 29 heavy (non-hydrogen) atoms. The van der Waals surface area contributed by atoms with Crippen molar-refractivity contribution >= 4 is 48.2 Å². The number of nitrogens with one attached hydrogen (secondary N) is 1. The van der Waals surface area contributed by atoms with Crippen molar-refractivity contribution in [1.82, 2.24) is 4.90 Å². The molecule has 1 aliphatic heterocycles. The van der Waals surface area contributed by atoms with Gasteiger partial charge >= 0.3 is 0 Å². The average Bonchev–Trinajstić information content (AvgIpc) is 2.68. The number of nitrogens with two attached hydrogens (primary N) is 1. The number of amides is 1. The second-order valence-electron chi connectivity index (χ2n) is 8.20. The fourth-order valence-corrected chi connectivity index (χ4v) is 4.91. The van der Waals surface area contributed by atoms with E-state index in [0.29, 0.717) is 13.0 Å². The van der Waals surface area contributed by atoms with Crippen molar-refractivity contribution in [3.63, 3.8) is 0 Å². The SMILES string of the molecule is CCOC1CC(N)(C(=O)Nc2ccc(CCN3CCSCC3)cc2)C1(C)C.Cl.Cl. The van der Waals surface area contributed by atoms with E-state index >= 15 is 0 Å². The summed E-state index contributed by atoms with van der Waals surface area (Å²) >= 11 is 2.04. The summed E-state index contributed by atoms with van der Waals surface area (Å²) in [6.07, 6.45) is 1.64. The highest BCUT2D eigenvalue weighted by molar-refractivity contribution is 7.99. The van der Waals surface area contributed by atoms with Crippen molar-refractivity contribution in [3.05, 3.63) is 29.8 Å². The van der Waals surface area contributed by atoms with Gasteiger partial charge in [0.1, 0.15) is 5.54 Å². The lowest BCUT2D eigenvalue weighted by atomic mass is 9.54. The van der Waals surface area contributed by atoms with Crippen molar-refractivity contribution in [2.24, 2.45) is 11.1 Å². The van der Waals surface area contributed by atoms with E-state index < -0.39 is 5.54 Å². The van der Waals surface area contributed by atoms with Crippen LogP contribution in [0.15, 0.2) is 24.3 Å². The van der Waals surface area contributed by atoms with Crippen molar-refractivity contribution < 1.29 is 9.53 Å². The molecule has 1 saturated heterocycles. The molecule has 3 rings (SSSR count). The Kier molecular flexibility index (Phi) is 10.3. The number of thioether (sulfide) groups is 1. The van der Waals surface area contributed by atoms with Crippen LogP contribution in [-0.2, 0) is 16.0 Å². The number of carbonyl (C=O) groups is 1. The van der Waals surface area contributed by atoms with E-state index in [1.807, 2.05) is 44.7 Å². The number of anilines is 1. The number of nitrogens with zero attached hydrogens (tertiary/aromatic N) is 1. The summed E-state index contributed by atoms with van der Waals surface area (Å²) in [6.45, 7) is 10.1. The molecule has 0 bridgehead atoms. The van der Waals surface area contributed by atoms with Crippen LogP contribution in [0.5, 0.6) is 0 Å². The van der Waals surface area contributed by atoms with Gasteiger partial charge in [0.2, 0.25) is 5.91 Å². The highest BCUT2D eigenvalue weighted by atomic mass is 35.5. The van der Waals surface area contributed by atoms with Gasteiger partial charge in [0, 0.05) is 55.3 Å². The van der Waals surface area contributed by atoms with E-state index in [-0.39, 0.29) is 42.2 Å². The van der Waals surface area contributed by atoms with Crippen LogP contribution in [-0.4, -0.2) is 60.2 Å². The van der Waals surface area contributed by atoms with Gasteiger partial charge in [-0.3, -0.25) is 4.79 Å². The molecule has 1 aliphatic carbocycles. The van der Waals surface area contributed by atoms with Crippen molar-refractivity contribution in [2.45, 2.75) is 45.3 Å². The maximum atomic E-state index is 12.8. The smallest absolute Gasteiger partial charge is 0.245 e. The second-order valence-corrected chi connectivity index (χ2v) is 9.42. The molecule has 3 N–H and O–H groups in total. The van der Waals surface area contributed by atoms with Gasteiger partial charge < -0.3 is 20.7 Å². The summed E-state index contributed by atoms with van der Waals surface area (Å²) < 4.78 is 5.72. The third-order valence-corrected chi connectivity index (χ3v) is 7.21. The summed E-state index contributed by atoms with van der Waals surface area (Å²) in [5.41, 5.74) is 7.29. The molecule has 166 valence electrons. The van der Waals surface area contributed by atoms with Crippen LogP contribution in [0.1, 0.15) is 32.8 Å². The summed E-state index contributed by atoms with van der Waals surface area (Å²) in [4.78, 5) is 15.3. The molecular weight excluding hydrogens is 429 g/mol. The van der Waals surface area contributed by atoms with E-state index in [4.69, 9.17) is 10.5 Å². The summed E-state index contributed by atoms with van der Waals surface area (Å²) in [6, 6.07) is 8.17. The minimum Gasteiger partial charge on any atom is -0.378 e. The van der Waals surface area contributed by atoms with Crippen LogP contribution < -0.4 is 11.1 Å². The molecule has 5 nitrogen and oxygen atoms in total. The molecule has 0 radical (unpaired) electrons. The van der Waals surface area contributed by atoms with Crippen LogP contribution in [0.2, 0.25) is 0 Å². The third kappa shape index (κ3) is 5.81. The first-order valence-corrected chi connectivity index (χ1v) is 11.1. The van der Waals surface area contributed by atoms with Crippen molar-refractivity contribution in [1.29, 1.82) is 0 Å². The lowest BCUT2D eigenvalue weighted by molar-refractivity contribution is -0.166. The molecule has 2 aliphatic rings. The van der Waals surface area contributed by atoms with Gasteiger partial charge in [-0.05, 0) is 31.0 Å². The molecule has 8 heteroatoms. The molecule has 0 spiro atoms. The highest BCUT2D eigenvalue weighted by Crippen LogP contribution is 2.50. The van der Waals surface area contributed by atoms with E-state index in [9.17, 15) is 4.79 Å². The lowest BCUT2D eigenvalue weighted by Crippen LogP contribution is -2.74. The van der Waals surface area contributed by atoms with Gasteiger partial charge in [-0.2, -0.15) is 11.8 Å². The number of hydrogen-bond donors (Lipinski definition) is 2. The molecule has 1 saturated carbocycles. The Labute approximate surface area is 191 Å². The van der Waals surface area contributed by atoms with Gasteiger partial charge in [0.05, 0.1) is 6.10 Å². The van der Waals surface area contributed by atoms with E-state index in [1.54, 1.807) is 0 Å². The molecule has 1 amide bonds. The molecule has 0 aromatic heterocycles. The maximum absolute atomic E-state index is 12.8. The Morgan fingerprint density at radius 1 is 1.24 bits per heavy atom. The Hall–Kier alpha value is -0.500. The quantitative estimate of drug-likeness (QED) is 0.646. The van der Waals surface area contributed by atoms with Crippen LogP contribution in [0, 0.1) is 5.41 Å². The number of hydrogen-bond acceptors (Lipinski definition) is 5. The largest absolute Gasteiger partial charge is 0.378 e. The topological polar surface area (TPSA) is 67.6 Å². The maximum Gasteiger partial charge on any atom is 0.245 e. The molecule has 2 fully saturated rings. The van der Waals surface area contributed by atoms with Crippen molar-refractivity contribution in [3.8, 4) is 0 Å². The normalized spacial score (nSPS) is 25.9. The monoisotopic (exact) mass is 463 g/mol. The Bertz CT molecular complexity index is 654.